The van der Waals surface area contributed by atoms with Gasteiger partial charge in [0.15, 0.2) is 0 Å². The first-order valence-electron chi connectivity index (χ1n) is 5.59. The van der Waals surface area contributed by atoms with Crippen LogP contribution in [0.1, 0.15) is 12.0 Å². The van der Waals surface area contributed by atoms with Crippen molar-refractivity contribution in [2.24, 2.45) is 5.92 Å². The van der Waals surface area contributed by atoms with E-state index in [9.17, 15) is 0 Å². The van der Waals surface area contributed by atoms with Crippen molar-refractivity contribution in [3.05, 3.63) is 24.0 Å². The molecule has 0 radical (unpaired) electrons. The summed E-state index contributed by atoms with van der Waals surface area (Å²) in [6.07, 6.45) is 4.46. The van der Waals surface area contributed by atoms with E-state index in [-0.39, 0.29) is 0 Å². The van der Waals surface area contributed by atoms with Crippen LogP contribution in [0.3, 0.4) is 0 Å². The highest BCUT2D eigenvalue weighted by Gasteiger charge is 2.16. The van der Waals surface area contributed by atoms with Gasteiger partial charge in [0, 0.05) is 24.3 Å². The topological polar surface area (TPSA) is 31.4 Å². The van der Waals surface area contributed by atoms with Crippen LogP contribution in [0, 0.1) is 17.8 Å². The Morgan fingerprint density at radius 3 is 3.24 bits per heavy atom. The van der Waals surface area contributed by atoms with Gasteiger partial charge in [0.1, 0.15) is 5.75 Å². The van der Waals surface area contributed by atoms with E-state index in [4.69, 9.17) is 21.1 Å². The Morgan fingerprint density at radius 2 is 2.47 bits per heavy atom. The lowest BCUT2D eigenvalue weighted by Gasteiger charge is -2.09. The summed E-state index contributed by atoms with van der Waals surface area (Å²) in [5.74, 6) is 7.27. The van der Waals surface area contributed by atoms with Crippen LogP contribution < -0.4 is 4.74 Å². The van der Waals surface area contributed by atoms with Gasteiger partial charge in [-0.05, 0) is 12.5 Å². The van der Waals surface area contributed by atoms with Gasteiger partial charge in [-0.25, -0.2) is 0 Å². The van der Waals surface area contributed by atoms with E-state index in [1.165, 1.54) is 0 Å². The minimum absolute atomic E-state index is 0.324. The first-order valence-corrected chi connectivity index (χ1v) is 6.12. The molecule has 0 spiro atoms. The second-order valence-electron chi connectivity index (χ2n) is 3.89. The molecule has 1 atom stereocenters. The molecule has 1 fully saturated rings. The van der Waals surface area contributed by atoms with Crippen molar-refractivity contribution >= 4 is 11.6 Å². The Labute approximate surface area is 106 Å². The van der Waals surface area contributed by atoms with Crippen molar-refractivity contribution in [2.75, 3.05) is 25.7 Å². The second kappa shape index (κ2) is 6.48. The largest absolute Gasteiger partial charge is 0.492 e. The van der Waals surface area contributed by atoms with Gasteiger partial charge in [0.05, 0.1) is 25.3 Å². The average Bonchev–Trinajstić information content (AvgIpc) is 2.87. The summed E-state index contributed by atoms with van der Waals surface area (Å²) in [5, 5.41) is 0. The van der Waals surface area contributed by atoms with Crippen LogP contribution in [0.25, 0.3) is 0 Å². The zero-order chi connectivity index (χ0) is 11.9. The van der Waals surface area contributed by atoms with E-state index in [1.807, 2.05) is 6.07 Å². The summed E-state index contributed by atoms with van der Waals surface area (Å²) in [5.41, 5.74) is 0.825. The van der Waals surface area contributed by atoms with Crippen LogP contribution >= 0.6 is 11.6 Å². The molecule has 1 aliphatic rings. The zero-order valence-electron chi connectivity index (χ0n) is 9.49. The summed E-state index contributed by atoms with van der Waals surface area (Å²) in [7, 11) is 0. The quantitative estimate of drug-likeness (QED) is 0.609. The molecule has 0 bridgehead atoms. The molecule has 0 amide bonds. The normalized spacial score (nSPS) is 18.5. The Balaban J connectivity index is 1.91. The summed E-state index contributed by atoms with van der Waals surface area (Å²) in [6.45, 7) is 2.31. The summed E-state index contributed by atoms with van der Waals surface area (Å²) >= 11 is 5.50. The fourth-order valence-corrected chi connectivity index (χ4v) is 1.70. The van der Waals surface area contributed by atoms with Gasteiger partial charge in [-0.1, -0.05) is 11.8 Å². The summed E-state index contributed by atoms with van der Waals surface area (Å²) in [4.78, 5) is 4.08. The van der Waals surface area contributed by atoms with Crippen LogP contribution in [0.4, 0.5) is 0 Å². The lowest BCUT2D eigenvalue weighted by Crippen LogP contribution is -2.11. The lowest BCUT2D eigenvalue weighted by atomic mass is 10.1. The highest BCUT2D eigenvalue weighted by Crippen LogP contribution is 2.16. The zero-order valence-corrected chi connectivity index (χ0v) is 10.2. The molecular weight excluding hydrogens is 238 g/mol. The molecule has 1 saturated heterocycles. The van der Waals surface area contributed by atoms with Crippen molar-refractivity contribution in [1.29, 1.82) is 0 Å². The van der Waals surface area contributed by atoms with Crippen molar-refractivity contribution in [3.8, 4) is 17.6 Å². The third-order valence-corrected chi connectivity index (χ3v) is 2.66. The Morgan fingerprint density at radius 1 is 1.53 bits per heavy atom. The maximum Gasteiger partial charge on any atom is 0.138 e. The molecule has 0 N–H and O–H groups in total. The Bertz CT molecular complexity index is 419. The van der Waals surface area contributed by atoms with Crippen LogP contribution in [-0.4, -0.2) is 30.7 Å². The number of halogens is 1. The summed E-state index contributed by atoms with van der Waals surface area (Å²) < 4.78 is 11.0. The SMILES string of the molecule is ClCC#Cc1cncc(OCC2CCOC2)c1. The first kappa shape index (κ1) is 12.2. The number of aromatic nitrogens is 1. The molecule has 1 aliphatic heterocycles. The van der Waals surface area contributed by atoms with Crippen molar-refractivity contribution < 1.29 is 9.47 Å². The van der Waals surface area contributed by atoms with E-state index >= 15 is 0 Å². The molecule has 1 aromatic rings. The molecule has 2 heterocycles. The molecule has 0 aliphatic carbocycles. The number of rotatable bonds is 3. The smallest absolute Gasteiger partial charge is 0.138 e. The summed E-state index contributed by atoms with van der Waals surface area (Å²) in [6, 6.07) is 1.88. The monoisotopic (exact) mass is 251 g/mol. The van der Waals surface area contributed by atoms with Crippen LogP contribution in [0.15, 0.2) is 18.5 Å². The standard InChI is InChI=1S/C13H14ClNO2/c14-4-1-2-11-6-13(8-15-7-11)17-10-12-3-5-16-9-12/h6-8,12H,3-5,9-10H2. The molecule has 3 nitrogen and oxygen atoms in total. The number of ether oxygens (including phenoxy) is 2. The third-order valence-electron chi connectivity index (χ3n) is 2.52. The van der Waals surface area contributed by atoms with Gasteiger partial charge in [0.25, 0.3) is 0 Å². The Kier molecular flexibility index (Phi) is 4.66. The van der Waals surface area contributed by atoms with Crippen molar-refractivity contribution in [1.82, 2.24) is 4.98 Å². The number of pyridine rings is 1. The van der Waals surface area contributed by atoms with Gasteiger partial charge < -0.3 is 9.47 Å². The van der Waals surface area contributed by atoms with Gasteiger partial charge in [-0.3, -0.25) is 4.98 Å². The predicted molar refractivity (Wildman–Crippen MR) is 66.3 cm³/mol. The van der Waals surface area contributed by atoms with Crippen LogP contribution in [0.2, 0.25) is 0 Å². The van der Waals surface area contributed by atoms with Gasteiger partial charge in [-0.15, -0.1) is 11.6 Å². The minimum atomic E-state index is 0.324. The molecule has 2 rings (SSSR count). The molecule has 0 aromatic carbocycles. The number of hydrogen-bond acceptors (Lipinski definition) is 3. The van der Waals surface area contributed by atoms with E-state index in [1.54, 1.807) is 12.4 Å². The highest BCUT2D eigenvalue weighted by atomic mass is 35.5. The van der Waals surface area contributed by atoms with E-state index in [2.05, 4.69) is 16.8 Å². The first-order chi connectivity index (χ1) is 8.38. The fraction of sp³-hybridized carbons (Fsp3) is 0.462. The Hall–Kier alpha value is -1.24. The third kappa shape index (κ3) is 3.92. The van der Waals surface area contributed by atoms with Crippen LogP contribution in [0.5, 0.6) is 5.75 Å². The molecule has 4 heteroatoms. The lowest BCUT2D eigenvalue weighted by molar-refractivity contribution is 0.167. The van der Waals surface area contributed by atoms with Crippen molar-refractivity contribution in [3.63, 3.8) is 0 Å². The minimum Gasteiger partial charge on any atom is -0.492 e. The molecular formula is C13H14ClNO2. The van der Waals surface area contributed by atoms with Crippen LogP contribution in [-0.2, 0) is 4.74 Å². The second-order valence-corrected chi connectivity index (χ2v) is 4.15. The molecule has 1 aromatic heterocycles. The predicted octanol–water partition coefficient (Wildman–Crippen LogP) is 2.09. The highest BCUT2D eigenvalue weighted by molar-refractivity contribution is 6.19. The molecule has 17 heavy (non-hydrogen) atoms. The van der Waals surface area contributed by atoms with E-state index in [0.717, 1.165) is 30.9 Å². The molecule has 1 unspecified atom stereocenters. The fourth-order valence-electron chi connectivity index (χ4n) is 1.63. The van der Waals surface area contributed by atoms with Crippen molar-refractivity contribution in [2.45, 2.75) is 6.42 Å². The maximum atomic E-state index is 5.67. The van der Waals surface area contributed by atoms with Gasteiger partial charge in [0.2, 0.25) is 0 Å². The van der Waals surface area contributed by atoms with E-state index < -0.39 is 0 Å². The van der Waals surface area contributed by atoms with E-state index in [0.29, 0.717) is 18.4 Å². The molecule has 0 saturated carbocycles. The number of nitrogens with zero attached hydrogens (tertiary/aromatic N) is 1. The number of hydrogen-bond donors (Lipinski definition) is 0. The molecule has 90 valence electrons. The average molecular weight is 252 g/mol. The van der Waals surface area contributed by atoms with Gasteiger partial charge >= 0.3 is 0 Å². The maximum absolute atomic E-state index is 5.67. The van der Waals surface area contributed by atoms with Gasteiger partial charge in [-0.2, -0.15) is 0 Å². The number of alkyl halides is 1.